The van der Waals surface area contributed by atoms with Gasteiger partial charge in [0.25, 0.3) is 0 Å². The number of imidazole rings is 1. The van der Waals surface area contributed by atoms with Crippen molar-refractivity contribution >= 4 is 5.91 Å². The Morgan fingerprint density at radius 1 is 1.17 bits per heavy atom. The van der Waals surface area contributed by atoms with Crippen molar-refractivity contribution in [2.45, 2.75) is 65.0 Å². The molecule has 1 saturated heterocycles. The fourth-order valence-corrected chi connectivity index (χ4v) is 3.12. The van der Waals surface area contributed by atoms with Gasteiger partial charge in [0.1, 0.15) is 0 Å². The number of likely N-dealkylation sites (tertiary alicyclic amines) is 1. The lowest BCUT2D eigenvalue weighted by molar-refractivity contribution is -0.122. The van der Waals surface area contributed by atoms with E-state index in [0.29, 0.717) is 12.3 Å². The number of carbonyl (C=O) groups excluding carboxylic acids is 1. The summed E-state index contributed by atoms with van der Waals surface area (Å²) in [4.78, 5) is 18.8. The normalized spacial score (nSPS) is 18.4. The van der Waals surface area contributed by atoms with Crippen LogP contribution in [-0.4, -0.2) is 46.0 Å². The number of nitrogens with zero attached hydrogens (tertiary/aromatic N) is 3. The van der Waals surface area contributed by atoms with Crippen LogP contribution in [0.2, 0.25) is 0 Å². The van der Waals surface area contributed by atoms with Crippen molar-refractivity contribution in [3.05, 3.63) is 18.7 Å². The first-order chi connectivity index (χ1) is 11.1. The van der Waals surface area contributed by atoms with Gasteiger partial charge in [0.15, 0.2) is 0 Å². The molecular weight excluding hydrogens is 288 g/mol. The number of nitrogens with one attached hydrogen (secondary N) is 1. The van der Waals surface area contributed by atoms with Crippen molar-refractivity contribution in [3.63, 3.8) is 0 Å². The molecule has 23 heavy (non-hydrogen) atoms. The predicted octanol–water partition coefficient (Wildman–Crippen LogP) is 2.68. The summed E-state index contributed by atoms with van der Waals surface area (Å²) >= 11 is 0. The molecule has 0 spiro atoms. The van der Waals surface area contributed by atoms with E-state index in [1.807, 2.05) is 17.1 Å². The van der Waals surface area contributed by atoms with Crippen molar-refractivity contribution in [3.8, 4) is 0 Å². The van der Waals surface area contributed by atoms with Crippen molar-refractivity contribution in [2.75, 3.05) is 19.6 Å². The van der Waals surface area contributed by atoms with Crippen LogP contribution in [0.4, 0.5) is 0 Å². The van der Waals surface area contributed by atoms with Crippen LogP contribution in [0.5, 0.6) is 0 Å². The summed E-state index contributed by atoms with van der Waals surface area (Å²) in [6.45, 7) is 8.28. The second kappa shape index (κ2) is 9.71. The second-order valence-corrected chi connectivity index (χ2v) is 7.04. The van der Waals surface area contributed by atoms with E-state index < -0.39 is 0 Å². The molecule has 1 amide bonds. The lowest BCUT2D eigenvalue weighted by atomic mass is 10.0. The van der Waals surface area contributed by atoms with Crippen molar-refractivity contribution in [1.82, 2.24) is 19.8 Å². The molecule has 1 atom stereocenters. The molecule has 5 heteroatoms. The van der Waals surface area contributed by atoms with Crippen LogP contribution in [0.1, 0.15) is 52.4 Å². The van der Waals surface area contributed by atoms with Crippen LogP contribution in [0.15, 0.2) is 18.7 Å². The number of rotatable bonds is 7. The van der Waals surface area contributed by atoms with E-state index >= 15 is 0 Å². The van der Waals surface area contributed by atoms with E-state index in [0.717, 1.165) is 26.2 Å². The molecule has 0 aliphatic carbocycles. The molecule has 1 fully saturated rings. The van der Waals surface area contributed by atoms with Gasteiger partial charge in [0.05, 0.1) is 6.33 Å². The molecule has 1 aliphatic heterocycles. The van der Waals surface area contributed by atoms with Crippen LogP contribution in [0.3, 0.4) is 0 Å². The minimum Gasteiger partial charge on any atom is -0.351 e. The zero-order valence-corrected chi connectivity index (χ0v) is 14.7. The summed E-state index contributed by atoms with van der Waals surface area (Å²) in [7, 11) is 0. The maximum atomic E-state index is 12.3. The smallest absolute Gasteiger partial charge is 0.221 e. The minimum atomic E-state index is 0.157. The number of carbonyl (C=O) groups is 1. The molecule has 2 rings (SSSR count). The Kier molecular flexibility index (Phi) is 7.59. The summed E-state index contributed by atoms with van der Waals surface area (Å²) in [5.74, 6) is 0.578. The first-order valence-electron chi connectivity index (χ1n) is 9.12. The highest BCUT2D eigenvalue weighted by molar-refractivity contribution is 5.76. The largest absolute Gasteiger partial charge is 0.351 e. The molecule has 130 valence electrons. The monoisotopic (exact) mass is 320 g/mol. The fraction of sp³-hybridized carbons (Fsp3) is 0.778. The first kappa shape index (κ1) is 18.0. The summed E-state index contributed by atoms with van der Waals surface area (Å²) in [6, 6.07) is 0.157. The molecule has 1 aromatic heterocycles. The molecule has 1 unspecified atom stereocenters. The summed E-state index contributed by atoms with van der Waals surface area (Å²) in [6.07, 6.45) is 12.7. The van der Waals surface area contributed by atoms with E-state index in [2.05, 4.69) is 29.0 Å². The standard InChI is InChI=1S/C18H32N4O/c1-16(2)17(14-22-13-9-19-15-22)20-18(23)8-12-21-10-6-4-3-5-7-11-21/h9,13,15-17H,3-8,10-12,14H2,1-2H3,(H,20,23). The predicted molar refractivity (Wildman–Crippen MR) is 93.1 cm³/mol. The lowest BCUT2D eigenvalue weighted by Crippen LogP contribution is -2.42. The van der Waals surface area contributed by atoms with Crippen molar-refractivity contribution < 1.29 is 4.79 Å². The van der Waals surface area contributed by atoms with Gasteiger partial charge in [-0.2, -0.15) is 0 Å². The summed E-state index contributed by atoms with van der Waals surface area (Å²) in [5, 5.41) is 3.21. The Hall–Kier alpha value is -1.36. The van der Waals surface area contributed by atoms with Crippen LogP contribution in [-0.2, 0) is 11.3 Å². The molecular formula is C18H32N4O. The first-order valence-corrected chi connectivity index (χ1v) is 9.12. The Balaban J connectivity index is 1.74. The van der Waals surface area contributed by atoms with Crippen LogP contribution in [0, 0.1) is 5.92 Å². The van der Waals surface area contributed by atoms with E-state index in [9.17, 15) is 4.79 Å². The average molecular weight is 320 g/mol. The molecule has 0 radical (unpaired) electrons. The number of amides is 1. The second-order valence-electron chi connectivity index (χ2n) is 7.04. The van der Waals surface area contributed by atoms with Crippen LogP contribution < -0.4 is 5.32 Å². The minimum absolute atomic E-state index is 0.157. The van der Waals surface area contributed by atoms with Gasteiger partial charge in [-0.1, -0.05) is 33.1 Å². The van der Waals surface area contributed by atoms with Crippen LogP contribution >= 0.6 is 0 Å². The molecule has 1 N–H and O–H groups in total. The molecule has 1 aliphatic rings. The topological polar surface area (TPSA) is 50.2 Å². The lowest BCUT2D eigenvalue weighted by Gasteiger charge is -2.26. The zero-order valence-electron chi connectivity index (χ0n) is 14.7. The molecule has 1 aromatic rings. The van der Waals surface area contributed by atoms with E-state index in [-0.39, 0.29) is 11.9 Å². The third-order valence-corrected chi connectivity index (χ3v) is 4.72. The SMILES string of the molecule is CC(C)C(Cn1ccnc1)NC(=O)CCN1CCCCCCC1. The van der Waals surface area contributed by atoms with Gasteiger partial charge < -0.3 is 14.8 Å². The van der Waals surface area contributed by atoms with E-state index in [4.69, 9.17) is 0 Å². The average Bonchev–Trinajstić information content (AvgIpc) is 2.98. The van der Waals surface area contributed by atoms with E-state index in [1.54, 1.807) is 6.20 Å². The van der Waals surface area contributed by atoms with Crippen LogP contribution in [0.25, 0.3) is 0 Å². The van der Waals surface area contributed by atoms with Gasteiger partial charge >= 0.3 is 0 Å². The van der Waals surface area contributed by atoms with Gasteiger partial charge in [-0.15, -0.1) is 0 Å². The highest BCUT2D eigenvalue weighted by Gasteiger charge is 2.17. The summed E-state index contributed by atoms with van der Waals surface area (Å²) < 4.78 is 2.03. The number of aromatic nitrogens is 2. The molecule has 0 aromatic carbocycles. The van der Waals surface area contributed by atoms with Gasteiger partial charge in [-0.25, -0.2) is 4.98 Å². The third kappa shape index (κ3) is 6.73. The van der Waals surface area contributed by atoms with Crippen molar-refractivity contribution in [1.29, 1.82) is 0 Å². The van der Waals surface area contributed by atoms with E-state index in [1.165, 1.54) is 32.1 Å². The molecule has 0 saturated carbocycles. The van der Waals surface area contributed by atoms with Gasteiger partial charge in [0, 0.05) is 37.9 Å². The fourth-order valence-electron chi connectivity index (χ4n) is 3.12. The molecule has 2 heterocycles. The maximum absolute atomic E-state index is 12.3. The van der Waals surface area contributed by atoms with Gasteiger partial charge in [-0.3, -0.25) is 4.79 Å². The van der Waals surface area contributed by atoms with Gasteiger partial charge in [-0.05, 0) is 31.8 Å². The number of hydrogen-bond donors (Lipinski definition) is 1. The molecule has 0 bridgehead atoms. The summed E-state index contributed by atoms with van der Waals surface area (Å²) in [5.41, 5.74) is 0. The quantitative estimate of drug-likeness (QED) is 0.840. The number of hydrogen-bond acceptors (Lipinski definition) is 3. The highest BCUT2D eigenvalue weighted by Crippen LogP contribution is 2.11. The Morgan fingerprint density at radius 2 is 1.87 bits per heavy atom. The Morgan fingerprint density at radius 3 is 2.48 bits per heavy atom. The molecule has 5 nitrogen and oxygen atoms in total. The maximum Gasteiger partial charge on any atom is 0.221 e. The Bertz CT molecular complexity index is 436. The highest BCUT2D eigenvalue weighted by atomic mass is 16.1. The zero-order chi connectivity index (χ0) is 16.5. The Labute approximate surface area is 140 Å². The van der Waals surface area contributed by atoms with Crippen molar-refractivity contribution in [2.24, 2.45) is 5.92 Å². The van der Waals surface area contributed by atoms with Gasteiger partial charge in [0.2, 0.25) is 5.91 Å². The third-order valence-electron chi connectivity index (χ3n) is 4.72.